The molecule has 0 aliphatic rings. The first-order valence-electron chi connectivity index (χ1n) is 10.2. The van der Waals surface area contributed by atoms with Gasteiger partial charge in [0.15, 0.2) is 0 Å². The Bertz CT molecular complexity index is 1160. The monoisotopic (exact) mass is 399 g/mol. The molecule has 4 rings (SSSR count). The van der Waals surface area contributed by atoms with Gasteiger partial charge < -0.3 is 15.0 Å². The average Bonchev–Trinajstić information content (AvgIpc) is 2.75. The largest absolute Gasteiger partial charge is 0.448 e. The fourth-order valence-electron chi connectivity index (χ4n) is 3.52. The van der Waals surface area contributed by atoms with Gasteiger partial charge in [0.1, 0.15) is 6.61 Å². The zero-order chi connectivity index (χ0) is 20.9. The lowest BCUT2D eigenvalue weighted by atomic mass is 10.1. The van der Waals surface area contributed by atoms with Crippen LogP contribution >= 0.6 is 0 Å². The van der Waals surface area contributed by atoms with Gasteiger partial charge in [-0.15, -0.1) is 0 Å². The van der Waals surface area contributed by atoms with Crippen molar-refractivity contribution >= 4 is 39.3 Å². The minimum atomic E-state index is -0.399. The molecule has 0 atom stereocenters. The molecule has 3 aromatic carbocycles. The predicted molar refractivity (Wildman–Crippen MR) is 122 cm³/mol. The van der Waals surface area contributed by atoms with Crippen molar-refractivity contribution in [1.29, 1.82) is 0 Å². The summed E-state index contributed by atoms with van der Waals surface area (Å²) in [6.07, 6.45) is -0.399. The van der Waals surface area contributed by atoms with E-state index in [4.69, 9.17) is 9.72 Å². The Labute approximate surface area is 176 Å². The summed E-state index contributed by atoms with van der Waals surface area (Å²) in [5, 5.41) is 4.91. The summed E-state index contributed by atoms with van der Waals surface area (Å²) >= 11 is 0. The second-order valence-corrected chi connectivity index (χ2v) is 7.45. The van der Waals surface area contributed by atoms with Gasteiger partial charge in [0.2, 0.25) is 0 Å². The van der Waals surface area contributed by atoms with Crippen molar-refractivity contribution in [3.8, 4) is 0 Å². The lowest BCUT2D eigenvalue weighted by Crippen LogP contribution is -2.33. The maximum Gasteiger partial charge on any atom is 0.407 e. The maximum absolute atomic E-state index is 11.9. The Morgan fingerprint density at radius 2 is 1.70 bits per heavy atom. The number of para-hydroxylation sites is 2. The Morgan fingerprint density at radius 3 is 2.50 bits per heavy atom. The molecular formula is C25H25N3O2. The zero-order valence-corrected chi connectivity index (χ0v) is 17.2. The van der Waals surface area contributed by atoms with E-state index in [1.54, 1.807) is 0 Å². The molecular weight excluding hydrogens is 374 g/mol. The van der Waals surface area contributed by atoms with Gasteiger partial charge >= 0.3 is 6.09 Å². The molecule has 152 valence electrons. The normalized spacial score (nSPS) is 11.0. The standard InChI is InChI=1S/C25H25N3O2/c1-18(2)26-25(29)30-16-15-28(20-10-4-3-5-11-20)24-14-8-13-23-21(24)17-19-9-6-7-12-22(19)27-23/h3-14,17-18H,15-16H2,1-2H3,(H,26,29). The van der Waals surface area contributed by atoms with Crippen LogP contribution in [0.4, 0.5) is 16.2 Å². The van der Waals surface area contributed by atoms with Crippen molar-refractivity contribution in [2.75, 3.05) is 18.1 Å². The van der Waals surface area contributed by atoms with Gasteiger partial charge in [0.25, 0.3) is 0 Å². The summed E-state index contributed by atoms with van der Waals surface area (Å²) in [5.41, 5.74) is 3.98. The molecule has 0 unspecified atom stereocenters. The van der Waals surface area contributed by atoms with Crippen molar-refractivity contribution in [1.82, 2.24) is 10.3 Å². The van der Waals surface area contributed by atoms with E-state index in [0.29, 0.717) is 6.54 Å². The summed E-state index contributed by atoms with van der Waals surface area (Å²) in [6.45, 7) is 4.61. The SMILES string of the molecule is CC(C)NC(=O)OCCN(c1ccccc1)c1cccc2nc3ccccc3cc12. The van der Waals surface area contributed by atoms with Gasteiger partial charge in [-0.3, -0.25) is 0 Å². The third-order valence-corrected chi connectivity index (χ3v) is 4.85. The van der Waals surface area contributed by atoms with Crippen LogP contribution in [-0.2, 0) is 4.74 Å². The van der Waals surface area contributed by atoms with Gasteiger partial charge in [0, 0.05) is 22.5 Å². The Morgan fingerprint density at radius 1 is 0.967 bits per heavy atom. The number of pyridine rings is 1. The third kappa shape index (κ3) is 4.35. The molecule has 4 aromatic rings. The number of fused-ring (bicyclic) bond motifs is 2. The smallest absolute Gasteiger partial charge is 0.407 e. The number of nitrogens with zero attached hydrogens (tertiary/aromatic N) is 2. The van der Waals surface area contributed by atoms with E-state index in [-0.39, 0.29) is 12.6 Å². The van der Waals surface area contributed by atoms with E-state index in [0.717, 1.165) is 33.2 Å². The van der Waals surface area contributed by atoms with E-state index in [9.17, 15) is 4.79 Å². The van der Waals surface area contributed by atoms with E-state index in [2.05, 4.69) is 40.5 Å². The molecule has 0 saturated heterocycles. The molecule has 1 heterocycles. The van der Waals surface area contributed by atoms with Crippen molar-refractivity contribution in [2.45, 2.75) is 19.9 Å². The lowest BCUT2D eigenvalue weighted by molar-refractivity contribution is 0.147. The number of alkyl carbamates (subject to hydrolysis) is 1. The van der Waals surface area contributed by atoms with Crippen LogP contribution in [0.1, 0.15) is 13.8 Å². The zero-order valence-electron chi connectivity index (χ0n) is 17.2. The number of ether oxygens (including phenoxy) is 1. The van der Waals surface area contributed by atoms with Gasteiger partial charge in [-0.1, -0.05) is 42.5 Å². The Kier molecular flexibility index (Phi) is 5.80. The molecule has 0 aliphatic carbocycles. The van der Waals surface area contributed by atoms with Crippen molar-refractivity contribution in [3.05, 3.63) is 78.9 Å². The maximum atomic E-state index is 11.9. The van der Waals surface area contributed by atoms with Crippen LogP contribution in [0.3, 0.4) is 0 Å². The number of rotatable bonds is 6. The number of nitrogens with one attached hydrogen (secondary N) is 1. The minimum Gasteiger partial charge on any atom is -0.448 e. The molecule has 1 amide bonds. The van der Waals surface area contributed by atoms with Gasteiger partial charge in [-0.05, 0) is 50.2 Å². The van der Waals surface area contributed by atoms with Crippen LogP contribution < -0.4 is 10.2 Å². The highest BCUT2D eigenvalue weighted by atomic mass is 16.5. The van der Waals surface area contributed by atoms with E-state index >= 15 is 0 Å². The first kappa shape index (κ1) is 19.7. The first-order chi connectivity index (χ1) is 14.6. The topological polar surface area (TPSA) is 54.5 Å². The van der Waals surface area contributed by atoms with Gasteiger partial charge in [-0.2, -0.15) is 0 Å². The average molecular weight is 399 g/mol. The summed E-state index contributed by atoms with van der Waals surface area (Å²) in [6, 6.07) is 26.6. The molecule has 0 saturated carbocycles. The molecule has 1 N–H and O–H groups in total. The highest BCUT2D eigenvalue weighted by Gasteiger charge is 2.15. The summed E-state index contributed by atoms with van der Waals surface area (Å²) in [7, 11) is 0. The molecule has 1 aromatic heterocycles. The van der Waals surface area contributed by atoms with Crippen LogP contribution in [0.25, 0.3) is 21.8 Å². The second-order valence-electron chi connectivity index (χ2n) is 7.45. The molecule has 0 fully saturated rings. The second kappa shape index (κ2) is 8.82. The van der Waals surface area contributed by atoms with Crippen molar-refractivity contribution < 1.29 is 9.53 Å². The molecule has 0 spiro atoms. The summed E-state index contributed by atoms with van der Waals surface area (Å²) in [4.78, 5) is 18.9. The van der Waals surface area contributed by atoms with Crippen molar-refractivity contribution in [3.63, 3.8) is 0 Å². The minimum absolute atomic E-state index is 0.0418. The quantitative estimate of drug-likeness (QED) is 0.425. The molecule has 0 aliphatic heterocycles. The first-order valence-corrected chi connectivity index (χ1v) is 10.2. The Hall–Kier alpha value is -3.60. The molecule has 30 heavy (non-hydrogen) atoms. The van der Waals surface area contributed by atoms with Crippen LogP contribution in [0.2, 0.25) is 0 Å². The molecule has 0 radical (unpaired) electrons. The number of anilines is 2. The highest BCUT2D eigenvalue weighted by molar-refractivity contribution is 6.00. The van der Waals surface area contributed by atoms with Crippen LogP contribution in [0.5, 0.6) is 0 Å². The Balaban J connectivity index is 1.70. The number of amides is 1. The van der Waals surface area contributed by atoms with Crippen molar-refractivity contribution in [2.24, 2.45) is 0 Å². The number of hydrogen-bond donors (Lipinski definition) is 1. The summed E-state index contributed by atoms with van der Waals surface area (Å²) < 4.78 is 5.40. The summed E-state index contributed by atoms with van der Waals surface area (Å²) in [5.74, 6) is 0. The number of benzene rings is 3. The molecule has 5 heteroatoms. The number of aromatic nitrogens is 1. The molecule has 5 nitrogen and oxygen atoms in total. The van der Waals surface area contributed by atoms with E-state index in [1.807, 2.05) is 62.4 Å². The van der Waals surface area contributed by atoms with Crippen LogP contribution in [0, 0.1) is 0 Å². The molecule has 0 bridgehead atoms. The fourth-order valence-corrected chi connectivity index (χ4v) is 3.52. The van der Waals surface area contributed by atoms with Gasteiger partial charge in [0.05, 0.1) is 23.3 Å². The predicted octanol–water partition coefficient (Wildman–Crippen LogP) is 5.66. The highest BCUT2D eigenvalue weighted by Crippen LogP contribution is 2.33. The number of carbonyl (C=O) groups is 1. The van der Waals surface area contributed by atoms with Crippen LogP contribution in [-0.4, -0.2) is 30.3 Å². The number of hydrogen-bond acceptors (Lipinski definition) is 4. The third-order valence-electron chi connectivity index (χ3n) is 4.85. The van der Waals surface area contributed by atoms with E-state index in [1.165, 1.54) is 0 Å². The van der Waals surface area contributed by atoms with Gasteiger partial charge in [-0.25, -0.2) is 9.78 Å². The lowest BCUT2D eigenvalue weighted by Gasteiger charge is -2.26. The fraction of sp³-hybridized carbons (Fsp3) is 0.200. The number of carbonyl (C=O) groups excluding carboxylic acids is 1. The van der Waals surface area contributed by atoms with E-state index < -0.39 is 6.09 Å². The van der Waals surface area contributed by atoms with Crippen LogP contribution in [0.15, 0.2) is 78.9 Å².